The third kappa shape index (κ3) is 1.07. The number of carbonyl (C=O) groups is 1. The summed E-state index contributed by atoms with van der Waals surface area (Å²) < 4.78 is 9.76. The molecule has 0 amide bonds. The Morgan fingerprint density at radius 3 is 2.83 bits per heavy atom. The number of ether oxygens (including phenoxy) is 2. The molecule has 12 heavy (non-hydrogen) atoms. The van der Waals surface area contributed by atoms with Crippen LogP contribution >= 0.6 is 0 Å². The molecule has 1 heterocycles. The van der Waals surface area contributed by atoms with Crippen LogP contribution in [0, 0.1) is 0 Å². The summed E-state index contributed by atoms with van der Waals surface area (Å²) in [5.41, 5.74) is -0.811. The smallest absolute Gasteiger partial charge is 0.337 e. The Kier molecular flexibility index (Phi) is 2.35. The predicted octanol–water partition coefficient (Wildman–Crippen LogP) is 0.755. The molecule has 0 radical (unpaired) electrons. The maximum Gasteiger partial charge on any atom is 0.337 e. The summed E-state index contributed by atoms with van der Waals surface area (Å²) in [6.07, 6.45) is 1.69. The first-order valence-corrected chi connectivity index (χ1v) is 3.95. The molecule has 0 aromatic rings. The molecule has 0 saturated heterocycles. The fourth-order valence-corrected chi connectivity index (χ4v) is 1.35. The zero-order valence-electron chi connectivity index (χ0n) is 7.53. The maximum absolute atomic E-state index is 11.4. The third-order valence-electron chi connectivity index (χ3n) is 2.30. The van der Waals surface area contributed by atoms with Crippen LogP contribution in [0.25, 0.3) is 0 Å². The average molecular weight is 171 g/mol. The van der Waals surface area contributed by atoms with E-state index in [1.54, 1.807) is 0 Å². The maximum atomic E-state index is 11.4. The second-order valence-corrected chi connectivity index (χ2v) is 2.78. The number of hydrogen-bond acceptors (Lipinski definition) is 4. The molecule has 68 valence electrons. The lowest BCUT2D eigenvalue weighted by Crippen LogP contribution is -2.44. The topological polar surface area (TPSA) is 47.9 Å². The summed E-state index contributed by atoms with van der Waals surface area (Å²) in [5.74, 6) is -0.328. The number of aliphatic imine (C=N–C) groups is 1. The van der Waals surface area contributed by atoms with Crippen LogP contribution in [0.1, 0.15) is 20.3 Å². The molecule has 1 rings (SSSR count). The van der Waals surface area contributed by atoms with Crippen molar-refractivity contribution in [1.29, 1.82) is 0 Å². The van der Waals surface area contributed by atoms with Gasteiger partial charge in [0.05, 0.1) is 7.11 Å². The molecular weight excluding hydrogens is 158 g/mol. The number of carbonyl (C=O) groups excluding carboxylic acids is 1. The Balaban J connectivity index is 2.89. The van der Waals surface area contributed by atoms with Crippen LogP contribution in [0.5, 0.6) is 0 Å². The molecule has 0 aliphatic carbocycles. The van der Waals surface area contributed by atoms with E-state index in [9.17, 15) is 4.79 Å². The van der Waals surface area contributed by atoms with Crippen molar-refractivity contribution in [3.63, 3.8) is 0 Å². The summed E-state index contributed by atoms with van der Waals surface area (Å²) in [6.45, 7) is 3.70. The third-order valence-corrected chi connectivity index (χ3v) is 2.30. The molecule has 0 N–H and O–H groups in total. The number of esters is 1. The van der Waals surface area contributed by atoms with Crippen molar-refractivity contribution >= 4 is 12.4 Å². The number of rotatable bonds is 2. The molecule has 0 aromatic heterocycles. The fourth-order valence-electron chi connectivity index (χ4n) is 1.35. The van der Waals surface area contributed by atoms with E-state index in [1.165, 1.54) is 13.5 Å². The minimum atomic E-state index is -0.811. The van der Waals surface area contributed by atoms with Gasteiger partial charge >= 0.3 is 5.97 Å². The van der Waals surface area contributed by atoms with Gasteiger partial charge in [-0.25, -0.2) is 9.79 Å². The lowest BCUT2D eigenvalue weighted by atomic mass is 9.92. The Morgan fingerprint density at radius 1 is 1.83 bits per heavy atom. The van der Waals surface area contributed by atoms with E-state index >= 15 is 0 Å². The van der Waals surface area contributed by atoms with Crippen LogP contribution < -0.4 is 0 Å². The average Bonchev–Trinajstić information content (AvgIpc) is 2.46. The minimum Gasteiger partial charge on any atom is -0.477 e. The van der Waals surface area contributed by atoms with Crippen LogP contribution in [0.4, 0.5) is 0 Å². The van der Waals surface area contributed by atoms with Gasteiger partial charge in [0.25, 0.3) is 0 Å². The van der Waals surface area contributed by atoms with Crippen molar-refractivity contribution < 1.29 is 14.3 Å². The quantitative estimate of drug-likeness (QED) is 0.576. The molecule has 1 aliphatic heterocycles. The Hall–Kier alpha value is -1.06. The van der Waals surface area contributed by atoms with E-state index < -0.39 is 5.54 Å². The molecule has 0 saturated carbocycles. The fraction of sp³-hybridized carbons (Fsp3) is 0.750. The van der Waals surface area contributed by atoms with E-state index in [1.807, 2.05) is 13.8 Å². The van der Waals surface area contributed by atoms with Gasteiger partial charge in [-0.1, -0.05) is 6.92 Å². The SMILES string of the molecule is CC[C@]1(C(=O)OC)N=CO[C@@H]1C. The van der Waals surface area contributed by atoms with Crippen molar-refractivity contribution in [2.45, 2.75) is 31.9 Å². The molecule has 4 heteroatoms. The van der Waals surface area contributed by atoms with Crippen molar-refractivity contribution in [3.05, 3.63) is 0 Å². The molecule has 2 atom stereocenters. The first-order valence-electron chi connectivity index (χ1n) is 3.95. The van der Waals surface area contributed by atoms with Crippen molar-refractivity contribution in [3.8, 4) is 0 Å². The van der Waals surface area contributed by atoms with Gasteiger partial charge in [-0.2, -0.15) is 0 Å². The molecule has 0 fully saturated rings. The van der Waals surface area contributed by atoms with Crippen molar-refractivity contribution in [1.82, 2.24) is 0 Å². The van der Waals surface area contributed by atoms with Crippen LogP contribution in [-0.4, -0.2) is 31.1 Å². The summed E-state index contributed by atoms with van der Waals surface area (Å²) in [6, 6.07) is 0. The summed E-state index contributed by atoms with van der Waals surface area (Å²) in [5, 5.41) is 0. The lowest BCUT2D eigenvalue weighted by molar-refractivity contribution is -0.149. The van der Waals surface area contributed by atoms with E-state index in [0.29, 0.717) is 6.42 Å². The Labute approximate surface area is 71.6 Å². The van der Waals surface area contributed by atoms with Gasteiger partial charge in [-0.05, 0) is 13.3 Å². The van der Waals surface area contributed by atoms with Gasteiger partial charge in [0.2, 0.25) is 0 Å². The molecule has 0 aromatic carbocycles. The van der Waals surface area contributed by atoms with Crippen LogP contribution in [0.3, 0.4) is 0 Å². The second kappa shape index (κ2) is 3.13. The monoisotopic (exact) mass is 171 g/mol. The highest BCUT2D eigenvalue weighted by Gasteiger charge is 2.47. The zero-order valence-corrected chi connectivity index (χ0v) is 7.53. The van der Waals surface area contributed by atoms with Crippen LogP contribution in [-0.2, 0) is 14.3 Å². The minimum absolute atomic E-state index is 0.227. The highest BCUT2D eigenvalue weighted by Crippen LogP contribution is 2.28. The molecule has 4 nitrogen and oxygen atoms in total. The largest absolute Gasteiger partial charge is 0.477 e. The second-order valence-electron chi connectivity index (χ2n) is 2.78. The molecule has 0 bridgehead atoms. The summed E-state index contributed by atoms with van der Waals surface area (Å²) in [7, 11) is 1.36. The highest BCUT2D eigenvalue weighted by molar-refractivity contribution is 5.84. The standard InChI is InChI=1S/C8H13NO3/c1-4-8(7(10)11-3)6(2)12-5-9-8/h5-6H,4H2,1-3H3/t6-,8+/m1/s1. The highest BCUT2D eigenvalue weighted by atomic mass is 16.5. The molecule has 0 spiro atoms. The Bertz CT molecular complexity index is 214. The van der Waals surface area contributed by atoms with Crippen molar-refractivity contribution in [2.24, 2.45) is 4.99 Å². The van der Waals surface area contributed by atoms with Gasteiger partial charge in [-0.3, -0.25) is 0 Å². The first-order chi connectivity index (χ1) is 5.67. The van der Waals surface area contributed by atoms with Gasteiger partial charge in [0.15, 0.2) is 11.9 Å². The number of nitrogens with zero attached hydrogens (tertiary/aromatic N) is 1. The van der Waals surface area contributed by atoms with Gasteiger partial charge in [-0.15, -0.1) is 0 Å². The summed E-state index contributed by atoms with van der Waals surface area (Å²) >= 11 is 0. The predicted molar refractivity (Wildman–Crippen MR) is 44.1 cm³/mol. The normalized spacial score (nSPS) is 33.1. The van der Waals surface area contributed by atoms with Crippen LogP contribution in [0.2, 0.25) is 0 Å². The molecular formula is C8H13NO3. The summed E-state index contributed by atoms with van der Waals surface area (Å²) in [4.78, 5) is 15.4. The number of methoxy groups -OCH3 is 1. The molecule has 1 aliphatic rings. The zero-order chi connectivity index (χ0) is 9.19. The molecule has 0 unspecified atom stereocenters. The first kappa shape index (κ1) is 9.03. The van der Waals surface area contributed by atoms with Gasteiger partial charge in [0, 0.05) is 0 Å². The van der Waals surface area contributed by atoms with E-state index in [0.717, 1.165) is 0 Å². The lowest BCUT2D eigenvalue weighted by Gasteiger charge is -2.24. The number of hydrogen-bond donors (Lipinski definition) is 0. The Morgan fingerprint density at radius 2 is 2.50 bits per heavy atom. The van der Waals surface area contributed by atoms with Gasteiger partial charge in [0.1, 0.15) is 6.10 Å². The van der Waals surface area contributed by atoms with Crippen LogP contribution in [0.15, 0.2) is 4.99 Å². The van der Waals surface area contributed by atoms with E-state index in [2.05, 4.69) is 9.73 Å². The van der Waals surface area contributed by atoms with E-state index in [4.69, 9.17) is 4.74 Å². The van der Waals surface area contributed by atoms with E-state index in [-0.39, 0.29) is 12.1 Å². The van der Waals surface area contributed by atoms with Gasteiger partial charge < -0.3 is 9.47 Å². The van der Waals surface area contributed by atoms with Crippen molar-refractivity contribution in [2.75, 3.05) is 7.11 Å².